The molecule has 0 spiro atoms. The van der Waals surface area contributed by atoms with Crippen LogP contribution in [-0.2, 0) is 6.42 Å². The van der Waals surface area contributed by atoms with E-state index in [1.54, 1.807) is 0 Å². The average Bonchev–Trinajstić information content (AvgIpc) is 3.05. The maximum Gasteiger partial charge on any atom is 0.0537 e. The quantitative estimate of drug-likeness (QED) is 0.193. The summed E-state index contributed by atoms with van der Waals surface area (Å²) in [6.45, 7) is 8.70. The number of rotatable bonds is 6. The third-order valence-corrected chi connectivity index (χ3v) is 9.52. The Morgan fingerprint density at radius 2 is 1.07 bits per heavy atom. The second kappa shape index (κ2) is 11.2. The molecule has 0 radical (unpaired) electrons. The first-order valence-corrected chi connectivity index (χ1v) is 16.3. The Balaban J connectivity index is 1.30. The molecule has 3 aliphatic rings. The normalized spacial score (nSPS) is 15.8. The Morgan fingerprint density at radius 1 is 0.543 bits per heavy atom. The number of hydrogen-bond donors (Lipinski definition) is 0. The van der Waals surface area contributed by atoms with Crippen molar-refractivity contribution >= 4 is 34.5 Å². The summed E-state index contributed by atoms with van der Waals surface area (Å²) in [5.74, 6) is 0.178. The second-order valence-electron chi connectivity index (χ2n) is 12.9. The average molecular weight is 595 g/mol. The third-order valence-electron chi connectivity index (χ3n) is 9.52. The highest BCUT2D eigenvalue weighted by molar-refractivity contribution is 5.88. The van der Waals surface area contributed by atoms with Crippen LogP contribution in [-0.4, -0.2) is 0 Å². The van der Waals surface area contributed by atoms with E-state index in [1.165, 1.54) is 84.2 Å². The Hall–Kier alpha value is -5.34. The predicted molar refractivity (Wildman–Crippen MR) is 195 cm³/mol. The van der Waals surface area contributed by atoms with Crippen LogP contribution in [0.5, 0.6) is 0 Å². The lowest BCUT2D eigenvalue weighted by Gasteiger charge is -2.41. The molecule has 0 N–H and O–H groups in total. The lowest BCUT2D eigenvalue weighted by atomic mass is 9.69. The number of allylic oxidation sites excluding steroid dienone is 6. The fraction of sp³-hybridized carbons (Fsp3) is 0.136. The molecule has 5 aromatic carbocycles. The zero-order valence-corrected chi connectivity index (χ0v) is 27.0. The maximum absolute atomic E-state index is 2.48. The van der Waals surface area contributed by atoms with Crippen LogP contribution in [0.4, 0.5) is 28.4 Å². The Morgan fingerprint density at radius 3 is 1.59 bits per heavy atom. The molecule has 2 nitrogen and oxygen atoms in total. The Bertz CT molecular complexity index is 2050. The van der Waals surface area contributed by atoms with Crippen molar-refractivity contribution < 1.29 is 0 Å². The van der Waals surface area contributed by atoms with Gasteiger partial charge in [0, 0.05) is 39.9 Å². The Kier molecular flexibility index (Phi) is 6.87. The molecule has 46 heavy (non-hydrogen) atoms. The number of aryl methyl sites for hydroxylation is 4. The standard InChI is InChI=1S/C44H38N2/c1-29-9-5-13-35(25-29)45(36-14-6-10-30(2)26-36)41-23-19-33-18-22-40-42(24-20-34-17-21-39(41)43(33)44(34)40)46(37-15-7-11-31(3)27-37)38-16-8-12-32(4)28-38/h5-17,19-28,44H,18H2,1-4H3. The minimum absolute atomic E-state index is 0.178. The first-order valence-electron chi connectivity index (χ1n) is 16.3. The molecule has 0 saturated heterocycles. The molecule has 0 fully saturated rings. The van der Waals surface area contributed by atoms with Crippen LogP contribution in [0.2, 0.25) is 0 Å². The van der Waals surface area contributed by atoms with Gasteiger partial charge < -0.3 is 9.80 Å². The van der Waals surface area contributed by atoms with Crippen molar-refractivity contribution in [3.63, 3.8) is 0 Å². The Labute approximate surface area is 273 Å². The lowest BCUT2D eigenvalue weighted by molar-refractivity contribution is 0.860. The minimum atomic E-state index is 0.178. The zero-order chi connectivity index (χ0) is 31.4. The van der Waals surface area contributed by atoms with E-state index in [-0.39, 0.29) is 5.92 Å². The van der Waals surface area contributed by atoms with Crippen molar-refractivity contribution in [1.82, 2.24) is 0 Å². The van der Waals surface area contributed by atoms with Crippen molar-refractivity contribution in [3.8, 4) is 0 Å². The van der Waals surface area contributed by atoms with Crippen molar-refractivity contribution in [2.24, 2.45) is 0 Å². The molecule has 0 heterocycles. The number of benzene rings is 5. The lowest BCUT2D eigenvalue weighted by Crippen LogP contribution is -2.27. The molecule has 2 heteroatoms. The molecule has 0 bridgehead atoms. The summed E-state index contributed by atoms with van der Waals surface area (Å²) in [4.78, 5) is 4.90. The van der Waals surface area contributed by atoms with E-state index in [0.29, 0.717) is 0 Å². The van der Waals surface area contributed by atoms with E-state index in [2.05, 4.69) is 177 Å². The van der Waals surface area contributed by atoms with Crippen LogP contribution < -0.4 is 9.80 Å². The molecule has 0 aromatic heterocycles. The van der Waals surface area contributed by atoms with Crippen molar-refractivity contribution in [2.45, 2.75) is 40.0 Å². The second-order valence-corrected chi connectivity index (χ2v) is 12.9. The highest BCUT2D eigenvalue weighted by Crippen LogP contribution is 2.53. The van der Waals surface area contributed by atoms with Crippen LogP contribution >= 0.6 is 0 Å². The molecular formula is C44H38N2. The van der Waals surface area contributed by atoms with Crippen LogP contribution in [0.15, 0.2) is 150 Å². The fourth-order valence-corrected chi connectivity index (χ4v) is 7.48. The molecule has 0 amide bonds. The van der Waals surface area contributed by atoms with Gasteiger partial charge in [-0.1, -0.05) is 78.9 Å². The summed E-state index contributed by atoms with van der Waals surface area (Å²) in [7, 11) is 0. The first-order chi connectivity index (χ1) is 22.4. The molecule has 224 valence electrons. The highest BCUT2D eigenvalue weighted by atomic mass is 15.2. The molecule has 3 aliphatic carbocycles. The van der Waals surface area contributed by atoms with Gasteiger partial charge in [0.1, 0.15) is 0 Å². The van der Waals surface area contributed by atoms with Crippen LogP contribution in [0, 0.1) is 27.7 Å². The summed E-state index contributed by atoms with van der Waals surface area (Å²) in [5.41, 5.74) is 19.1. The fourth-order valence-electron chi connectivity index (χ4n) is 7.48. The number of anilines is 5. The van der Waals surface area contributed by atoms with E-state index in [0.717, 1.165) is 6.42 Å². The van der Waals surface area contributed by atoms with Crippen LogP contribution in [0.25, 0.3) is 6.08 Å². The van der Waals surface area contributed by atoms with E-state index in [9.17, 15) is 0 Å². The summed E-state index contributed by atoms with van der Waals surface area (Å²) < 4.78 is 0. The predicted octanol–water partition coefficient (Wildman–Crippen LogP) is 11.6. The minimum Gasteiger partial charge on any atom is -0.310 e. The van der Waals surface area contributed by atoms with Gasteiger partial charge in [-0.3, -0.25) is 0 Å². The maximum atomic E-state index is 2.48. The molecule has 1 atom stereocenters. The summed E-state index contributed by atoms with van der Waals surface area (Å²) in [6, 6.07) is 40.2. The van der Waals surface area contributed by atoms with Gasteiger partial charge in [-0.25, -0.2) is 0 Å². The molecule has 5 aromatic rings. The zero-order valence-electron chi connectivity index (χ0n) is 27.0. The smallest absolute Gasteiger partial charge is 0.0537 e. The van der Waals surface area contributed by atoms with Crippen LogP contribution in [0.1, 0.15) is 44.9 Å². The van der Waals surface area contributed by atoms with Gasteiger partial charge in [-0.05, 0) is 139 Å². The number of hydrogen-bond acceptors (Lipinski definition) is 2. The largest absolute Gasteiger partial charge is 0.310 e. The van der Waals surface area contributed by atoms with Gasteiger partial charge in [0.25, 0.3) is 0 Å². The monoisotopic (exact) mass is 594 g/mol. The SMILES string of the molecule is Cc1cccc(N(C2=CC=C3C=Cc4c(N(c5cccc(C)c5)c5cccc(C)c5)ccc5c4C3C2=CC5)c2cccc(C)c2)c1. The van der Waals surface area contributed by atoms with Crippen LogP contribution in [0.3, 0.4) is 0 Å². The molecule has 8 rings (SSSR count). The third kappa shape index (κ3) is 4.82. The molecule has 0 aliphatic heterocycles. The summed E-state index contributed by atoms with van der Waals surface area (Å²) >= 11 is 0. The van der Waals surface area contributed by atoms with Gasteiger partial charge in [-0.2, -0.15) is 0 Å². The molecule has 1 unspecified atom stereocenters. The van der Waals surface area contributed by atoms with Crippen molar-refractivity contribution in [3.05, 3.63) is 189 Å². The van der Waals surface area contributed by atoms with Crippen molar-refractivity contribution in [1.29, 1.82) is 0 Å². The van der Waals surface area contributed by atoms with Gasteiger partial charge in [0.05, 0.1) is 5.69 Å². The highest BCUT2D eigenvalue weighted by Gasteiger charge is 2.37. The summed E-state index contributed by atoms with van der Waals surface area (Å²) in [5, 5.41) is 0. The first kappa shape index (κ1) is 28.2. The van der Waals surface area contributed by atoms with Gasteiger partial charge >= 0.3 is 0 Å². The topological polar surface area (TPSA) is 6.48 Å². The van der Waals surface area contributed by atoms with E-state index in [4.69, 9.17) is 0 Å². The van der Waals surface area contributed by atoms with Crippen molar-refractivity contribution in [2.75, 3.05) is 9.80 Å². The van der Waals surface area contributed by atoms with E-state index < -0.39 is 0 Å². The van der Waals surface area contributed by atoms with Gasteiger partial charge in [0.15, 0.2) is 0 Å². The molecular weight excluding hydrogens is 556 g/mol. The van der Waals surface area contributed by atoms with Gasteiger partial charge in [0.2, 0.25) is 0 Å². The summed E-state index contributed by atoms with van der Waals surface area (Å²) in [6.07, 6.45) is 12.8. The van der Waals surface area contributed by atoms with E-state index in [1.807, 2.05) is 0 Å². The van der Waals surface area contributed by atoms with E-state index >= 15 is 0 Å². The number of nitrogens with zero attached hydrogens (tertiary/aromatic N) is 2. The van der Waals surface area contributed by atoms with Gasteiger partial charge in [-0.15, -0.1) is 0 Å². The molecule has 0 saturated carbocycles.